The first-order valence-electron chi connectivity index (χ1n) is 12.0. The third-order valence-electron chi connectivity index (χ3n) is 5.63. The molecule has 1 amide bonds. The molecule has 36 heavy (non-hydrogen) atoms. The van der Waals surface area contributed by atoms with E-state index in [0.29, 0.717) is 17.1 Å². The lowest BCUT2D eigenvalue weighted by Crippen LogP contribution is -2.39. The van der Waals surface area contributed by atoms with E-state index in [1.165, 1.54) is 0 Å². The Morgan fingerprint density at radius 1 is 1.19 bits per heavy atom. The number of carbonyl (C=O) groups is 1. The molecular formula is C26H33N5O3S2. The molecule has 1 aromatic heterocycles. The largest absolute Gasteiger partial charge is 0.446 e. The van der Waals surface area contributed by atoms with Crippen LogP contribution in [-0.4, -0.2) is 40.0 Å². The van der Waals surface area contributed by atoms with Crippen LogP contribution in [0.25, 0.3) is 10.4 Å². The Kier molecular flexibility index (Phi) is 8.28. The van der Waals surface area contributed by atoms with Gasteiger partial charge in [-0.05, 0) is 38.5 Å². The summed E-state index contributed by atoms with van der Waals surface area (Å²) in [5, 5.41) is 3.72. The molecule has 0 radical (unpaired) electrons. The van der Waals surface area contributed by atoms with Crippen molar-refractivity contribution in [3.63, 3.8) is 0 Å². The number of thiazole rings is 1. The second-order valence-electron chi connectivity index (χ2n) is 9.81. The molecule has 1 saturated heterocycles. The third-order valence-corrected chi connectivity index (χ3v) is 8.26. The van der Waals surface area contributed by atoms with Gasteiger partial charge in [0.2, 0.25) is 0 Å². The lowest BCUT2D eigenvalue weighted by molar-refractivity contribution is 0.0828. The molecule has 4 rings (SSSR count). The molecule has 3 aromatic rings. The molecule has 10 heteroatoms. The Morgan fingerprint density at radius 3 is 2.61 bits per heavy atom. The van der Waals surface area contributed by atoms with Crippen molar-refractivity contribution in [2.75, 3.05) is 23.7 Å². The Morgan fingerprint density at radius 2 is 1.92 bits per heavy atom. The van der Waals surface area contributed by atoms with Crippen LogP contribution >= 0.6 is 11.3 Å². The average molecular weight is 528 g/mol. The van der Waals surface area contributed by atoms with Gasteiger partial charge in [-0.25, -0.2) is 18.7 Å². The predicted molar refractivity (Wildman–Crippen MR) is 146 cm³/mol. The van der Waals surface area contributed by atoms with Gasteiger partial charge >= 0.3 is 6.09 Å². The molecule has 1 aliphatic rings. The molecule has 2 heterocycles. The van der Waals surface area contributed by atoms with Gasteiger partial charge in [-0.1, -0.05) is 47.7 Å². The smallest absolute Gasteiger partial charge is 0.407 e. The number of alkyl carbamates (subject to hydrolysis) is 1. The van der Waals surface area contributed by atoms with Crippen LogP contribution in [0.5, 0.6) is 0 Å². The zero-order valence-electron chi connectivity index (χ0n) is 20.8. The molecule has 0 bridgehead atoms. The van der Waals surface area contributed by atoms with E-state index in [-0.39, 0.29) is 17.7 Å². The second-order valence-corrected chi connectivity index (χ2v) is 12.0. The minimum atomic E-state index is -1.41. The van der Waals surface area contributed by atoms with E-state index < -0.39 is 11.0 Å². The van der Waals surface area contributed by atoms with E-state index in [2.05, 4.69) is 19.9 Å². The Labute approximate surface area is 218 Å². The molecule has 1 fully saturated rings. The normalized spacial score (nSPS) is 15.5. The summed E-state index contributed by atoms with van der Waals surface area (Å²) in [6.45, 7) is 7.86. The zero-order valence-corrected chi connectivity index (χ0v) is 22.5. The Hall–Kier alpha value is -2.95. The van der Waals surface area contributed by atoms with Crippen molar-refractivity contribution in [1.29, 1.82) is 0 Å². The third kappa shape index (κ3) is 7.05. The van der Waals surface area contributed by atoms with Gasteiger partial charge < -0.3 is 20.7 Å². The van der Waals surface area contributed by atoms with Crippen molar-refractivity contribution in [2.24, 2.45) is 0 Å². The first kappa shape index (κ1) is 26.1. The van der Waals surface area contributed by atoms with Crippen LogP contribution in [0.2, 0.25) is 0 Å². The van der Waals surface area contributed by atoms with E-state index in [9.17, 15) is 9.00 Å². The van der Waals surface area contributed by atoms with E-state index in [1.54, 1.807) is 17.4 Å². The van der Waals surface area contributed by atoms with Crippen LogP contribution in [-0.2, 0) is 22.3 Å². The number of nitrogens with one attached hydrogen (secondary N) is 2. The summed E-state index contributed by atoms with van der Waals surface area (Å²) in [5.74, 6) is 0. The predicted octanol–water partition coefficient (Wildman–Crippen LogP) is 4.70. The zero-order chi connectivity index (χ0) is 25.7. The number of ether oxygens (including phenoxy) is 1. The van der Waals surface area contributed by atoms with Crippen LogP contribution < -0.4 is 20.7 Å². The van der Waals surface area contributed by atoms with Crippen LogP contribution in [0.15, 0.2) is 59.6 Å². The highest BCUT2D eigenvalue weighted by Gasteiger charge is 2.25. The number of piperidine rings is 1. The number of aromatic nitrogens is 1. The second kappa shape index (κ2) is 11.4. The summed E-state index contributed by atoms with van der Waals surface area (Å²) in [6, 6.07) is 15.2. The highest BCUT2D eigenvalue weighted by atomic mass is 32.2. The van der Waals surface area contributed by atoms with Crippen molar-refractivity contribution < 1.29 is 13.7 Å². The lowest BCUT2D eigenvalue weighted by atomic mass is 10.1. The highest BCUT2D eigenvalue weighted by molar-refractivity contribution is 7.83. The topological polar surface area (TPSA) is 110 Å². The van der Waals surface area contributed by atoms with Crippen molar-refractivity contribution in [3.05, 3.63) is 60.3 Å². The number of hydrogen-bond acceptors (Lipinski definition) is 7. The number of nitrogens with two attached hydrogens (primary N) is 1. The maximum Gasteiger partial charge on any atom is 0.407 e. The average Bonchev–Trinajstić information content (AvgIpc) is 3.33. The number of carbonyl (C=O) groups excluding carboxylic acids is 1. The molecule has 8 nitrogen and oxygen atoms in total. The number of hydrogen-bond donors (Lipinski definition) is 3. The standard InChI is InChI=1S/C26H33N5O3S2/c1-26(2,3)30-36(33)23-15-19(27)9-10-21(23)22-17-28-24(35-22)31-13-11-20(12-14-31)34-25(32)29-16-18-7-5-4-6-8-18/h4-10,15,17,20,30H,11-14,16,27H2,1-3H3,(H,29,32). The number of nitrogen functional groups attached to an aromatic ring is 1. The van der Waals surface area contributed by atoms with Gasteiger partial charge in [0.15, 0.2) is 5.13 Å². The fourth-order valence-electron chi connectivity index (χ4n) is 3.89. The van der Waals surface area contributed by atoms with Gasteiger partial charge in [0.1, 0.15) is 17.1 Å². The molecule has 2 aromatic carbocycles. The van der Waals surface area contributed by atoms with E-state index >= 15 is 0 Å². The molecule has 0 aliphatic carbocycles. The molecule has 0 spiro atoms. The van der Waals surface area contributed by atoms with Crippen LogP contribution in [0.1, 0.15) is 39.2 Å². The van der Waals surface area contributed by atoms with Crippen molar-refractivity contribution in [3.8, 4) is 10.4 Å². The van der Waals surface area contributed by atoms with Crippen LogP contribution in [0.4, 0.5) is 15.6 Å². The van der Waals surface area contributed by atoms with Crippen molar-refractivity contribution in [1.82, 2.24) is 15.0 Å². The molecule has 1 aliphatic heterocycles. The van der Waals surface area contributed by atoms with E-state index in [0.717, 1.165) is 47.1 Å². The van der Waals surface area contributed by atoms with Gasteiger partial charge in [0.05, 0.1) is 9.77 Å². The van der Waals surface area contributed by atoms with Gasteiger partial charge in [0.25, 0.3) is 0 Å². The van der Waals surface area contributed by atoms with Gasteiger partial charge in [-0.2, -0.15) is 0 Å². The monoisotopic (exact) mass is 527 g/mol. The summed E-state index contributed by atoms with van der Waals surface area (Å²) in [6.07, 6.45) is 2.79. The fourth-order valence-corrected chi connectivity index (χ4v) is 6.25. The molecular weight excluding hydrogens is 494 g/mol. The summed E-state index contributed by atoms with van der Waals surface area (Å²) in [7, 11) is -1.41. The summed E-state index contributed by atoms with van der Waals surface area (Å²) in [5.41, 5.74) is 8.15. The maximum absolute atomic E-state index is 13.0. The summed E-state index contributed by atoms with van der Waals surface area (Å²) in [4.78, 5) is 20.6. The van der Waals surface area contributed by atoms with Crippen LogP contribution in [0.3, 0.4) is 0 Å². The minimum absolute atomic E-state index is 0.119. The molecule has 1 unspecified atom stereocenters. The lowest BCUT2D eigenvalue weighted by Gasteiger charge is -2.31. The first-order valence-corrected chi connectivity index (χ1v) is 13.9. The fraction of sp³-hybridized carbons (Fsp3) is 0.385. The Balaban J connectivity index is 1.35. The highest BCUT2D eigenvalue weighted by Crippen LogP contribution is 2.36. The molecule has 4 N–H and O–H groups in total. The quantitative estimate of drug-likeness (QED) is 0.384. The molecule has 192 valence electrons. The number of anilines is 2. The minimum Gasteiger partial charge on any atom is -0.446 e. The maximum atomic E-state index is 13.0. The van der Waals surface area contributed by atoms with E-state index in [4.69, 9.17) is 10.5 Å². The SMILES string of the molecule is CC(C)(C)NS(=O)c1cc(N)ccc1-c1cnc(N2CCC(OC(=O)NCc3ccccc3)CC2)s1. The van der Waals surface area contributed by atoms with E-state index in [1.807, 2.05) is 69.4 Å². The molecule has 0 saturated carbocycles. The van der Waals surface area contributed by atoms with Gasteiger partial charge in [0, 0.05) is 55.5 Å². The first-order chi connectivity index (χ1) is 17.2. The number of amides is 1. The Bertz CT molecular complexity index is 1200. The van der Waals surface area contributed by atoms with Crippen molar-refractivity contribution in [2.45, 2.75) is 56.7 Å². The van der Waals surface area contributed by atoms with Crippen molar-refractivity contribution >= 4 is 39.2 Å². The molecule has 1 atom stereocenters. The number of benzene rings is 2. The number of rotatable bonds is 7. The van der Waals surface area contributed by atoms with Crippen LogP contribution in [0, 0.1) is 0 Å². The number of nitrogens with zero attached hydrogens (tertiary/aromatic N) is 2. The van der Waals surface area contributed by atoms with Gasteiger partial charge in [-0.3, -0.25) is 0 Å². The summed E-state index contributed by atoms with van der Waals surface area (Å²) < 4.78 is 21.8. The summed E-state index contributed by atoms with van der Waals surface area (Å²) >= 11 is 1.56. The van der Waals surface area contributed by atoms with Gasteiger partial charge in [-0.15, -0.1) is 0 Å².